The third-order valence-corrected chi connectivity index (χ3v) is 3.65. The number of carbonyl (C=O) groups excluding carboxylic acids is 2. The summed E-state index contributed by atoms with van der Waals surface area (Å²) in [5.74, 6) is -2.00. The Balaban J connectivity index is 3.10. The van der Waals surface area contributed by atoms with Crippen molar-refractivity contribution in [3.8, 4) is 11.5 Å². The van der Waals surface area contributed by atoms with Crippen LogP contribution in [0, 0.1) is 0 Å². The predicted octanol–water partition coefficient (Wildman–Crippen LogP) is 2.64. The number of hydrogen-bond donors (Lipinski definition) is 1. The molecule has 0 aliphatic carbocycles. The van der Waals surface area contributed by atoms with Gasteiger partial charge in [0.15, 0.2) is 5.78 Å². The van der Waals surface area contributed by atoms with Gasteiger partial charge in [-0.25, -0.2) is 0 Å². The molecule has 0 aromatic heterocycles. The molecule has 0 unspecified atom stereocenters. The fourth-order valence-corrected chi connectivity index (χ4v) is 2.32. The van der Waals surface area contributed by atoms with Crippen molar-refractivity contribution >= 4 is 27.6 Å². The van der Waals surface area contributed by atoms with Crippen LogP contribution in [0.1, 0.15) is 12.5 Å². The molecule has 0 heterocycles. The number of hydrogen-bond acceptors (Lipinski definition) is 4. The van der Waals surface area contributed by atoms with Gasteiger partial charge in [-0.15, -0.1) is 0 Å². The molecule has 1 aromatic rings. The molecule has 0 saturated heterocycles. The number of Topliss-reactive ketones (excluding diaryl/α,β-unsaturated/α-hetero) is 1. The number of benzene rings is 1. The fraction of sp³-hybridized carbons (Fsp3) is 0.429. The molecule has 1 amide bonds. The predicted molar refractivity (Wildman–Crippen MR) is 79.6 cm³/mol. The number of methoxy groups -OCH3 is 2. The van der Waals surface area contributed by atoms with Crippen LogP contribution < -0.4 is 14.8 Å². The van der Waals surface area contributed by atoms with Crippen molar-refractivity contribution in [2.45, 2.75) is 25.6 Å². The van der Waals surface area contributed by atoms with Gasteiger partial charge in [0.05, 0.1) is 24.7 Å². The summed E-state index contributed by atoms with van der Waals surface area (Å²) >= 11 is 3.25. The van der Waals surface area contributed by atoms with Gasteiger partial charge in [0.2, 0.25) is 0 Å². The van der Waals surface area contributed by atoms with E-state index in [4.69, 9.17) is 9.47 Å². The van der Waals surface area contributed by atoms with Crippen molar-refractivity contribution in [2.75, 3.05) is 14.2 Å². The van der Waals surface area contributed by atoms with Crippen molar-refractivity contribution < 1.29 is 32.2 Å². The largest absolute Gasteiger partial charge is 0.496 e. The summed E-state index contributed by atoms with van der Waals surface area (Å²) in [6, 6.07) is 1.76. The molecular weight excluding hydrogens is 383 g/mol. The number of alkyl halides is 3. The van der Waals surface area contributed by atoms with Gasteiger partial charge in [-0.1, -0.05) is 0 Å². The fourth-order valence-electron chi connectivity index (χ4n) is 1.84. The maximum Gasteiger partial charge on any atom is 0.471 e. The number of rotatable bonds is 6. The molecule has 1 N–H and O–H groups in total. The lowest BCUT2D eigenvalue weighted by molar-refractivity contribution is -0.174. The van der Waals surface area contributed by atoms with Gasteiger partial charge in [0.25, 0.3) is 0 Å². The molecule has 0 radical (unpaired) electrons. The zero-order valence-corrected chi connectivity index (χ0v) is 14.2. The highest BCUT2D eigenvalue weighted by atomic mass is 79.9. The van der Waals surface area contributed by atoms with E-state index < -0.39 is 23.9 Å². The van der Waals surface area contributed by atoms with Crippen LogP contribution in [0.3, 0.4) is 0 Å². The lowest BCUT2D eigenvalue weighted by atomic mass is 10.0. The Kier molecular flexibility index (Phi) is 6.43. The van der Waals surface area contributed by atoms with Crippen LogP contribution in [0.25, 0.3) is 0 Å². The Hall–Kier alpha value is -1.77. The van der Waals surface area contributed by atoms with Crippen LogP contribution in [0.15, 0.2) is 16.6 Å². The van der Waals surface area contributed by atoms with Crippen LogP contribution in [-0.2, 0) is 16.0 Å². The molecule has 128 valence electrons. The molecule has 0 fully saturated rings. The summed E-state index contributed by atoms with van der Waals surface area (Å²) in [6.07, 6.45) is -5.22. The maximum absolute atomic E-state index is 12.4. The first kappa shape index (κ1) is 19.3. The van der Waals surface area contributed by atoms with E-state index in [1.165, 1.54) is 20.3 Å². The van der Waals surface area contributed by atoms with Crippen molar-refractivity contribution in [1.82, 2.24) is 5.32 Å². The Morgan fingerprint density at radius 1 is 1.22 bits per heavy atom. The SMILES string of the molecule is COc1cc(C[C@H](NC(=O)C(F)(F)F)C(C)=O)c(OC)cc1Br. The molecule has 9 heteroatoms. The van der Waals surface area contributed by atoms with Crippen molar-refractivity contribution in [2.24, 2.45) is 0 Å². The smallest absolute Gasteiger partial charge is 0.471 e. The number of amides is 1. The molecule has 23 heavy (non-hydrogen) atoms. The summed E-state index contributed by atoms with van der Waals surface area (Å²) in [7, 11) is 2.80. The summed E-state index contributed by atoms with van der Waals surface area (Å²) in [5.41, 5.74) is 0.426. The van der Waals surface area contributed by atoms with Gasteiger partial charge in [0.1, 0.15) is 11.5 Å². The quantitative estimate of drug-likeness (QED) is 0.801. The molecule has 0 bridgehead atoms. The van der Waals surface area contributed by atoms with Gasteiger partial charge in [-0.05, 0) is 35.0 Å². The van der Waals surface area contributed by atoms with Gasteiger partial charge in [-0.2, -0.15) is 13.2 Å². The molecule has 0 saturated carbocycles. The normalized spacial score (nSPS) is 12.5. The summed E-state index contributed by atoms with van der Waals surface area (Å²) in [6.45, 7) is 1.10. The molecule has 0 aliphatic rings. The second-order valence-corrected chi connectivity index (χ2v) is 5.49. The first-order valence-corrected chi connectivity index (χ1v) is 7.18. The first-order valence-electron chi connectivity index (χ1n) is 6.38. The minimum Gasteiger partial charge on any atom is -0.496 e. The lowest BCUT2D eigenvalue weighted by Gasteiger charge is -2.19. The Labute approximate surface area is 139 Å². The van der Waals surface area contributed by atoms with E-state index in [2.05, 4.69) is 15.9 Å². The van der Waals surface area contributed by atoms with E-state index in [1.807, 2.05) is 0 Å². The van der Waals surface area contributed by atoms with Crippen molar-refractivity contribution in [3.63, 3.8) is 0 Å². The summed E-state index contributed by atoms with van der Waals surface area (Å²) in [5, 5.41) is 1.69. The van der Waals surface area contributed by atoms with Crippen molar-refractivity contribution in [3.05, 3.63) is 22.2 Å². The van der Waals surface area contributed by atoms with Crippen LogP contribution in [0.5, 0.6) is 11.5 Å². The molecule has 1 rings (SSSR count). The topological polar surface area (TPSA) is 64.6 Å². The van der Waals surface area contributed by atoms with E-state index in [0.717, 1.165) is 6.92 Å². The van der Waals surface area contributed by atoms with Gasteiger partial charge in [-0.3, -0.25) is 9.59 Å². The third-order valence-electron chi connectivity index (χ3n) is 3.03. The maximum atomic E-state index is 12.4. The van der Waals surface area contributed by atoms with Gasteiger partial charge in [0, 0.05) is 12.0 Å². The average molecular weight is 398 g/mol. The number of carbonyl (C=O) groups is 2. The Morgan fingerprint density at radius 2 is 1.78 bits per heavy atom. The van der Waals surface area contributed by atoms with E-state index in [0.29, 0.717) is 21.5 Å². The molecule has 1 atom stereocenters. The highest BCUT2D eigenvalue weighted by Gasteiger charge is 2.40. The van der Waals surface area contributed by atoms with E-state index >= 15 is 0 Å². The van der Waals surface area contributed by atoms with Crippen LogP contribution in [0.2, 0.25) is 0 Å². The Bertz CT molecular complexity index is 604. The molecular formula is C14H15BrF3NO4. The standard InChI is InChI=1S/C14H15BrF3NO4/c1-7(20)10(19-13(21)14(16,17)18)4-8-5-12(23-3)9(15)6-11(8)22-2/h5-6,10H,4H2,1-3H3,(H,19,21)/t10-/m0/s1. The number of halogens is 4. The van der Waals surface area contributed by atoms with Crippen LogP contribution in [0.4, 0.5) is 13.2 Å². The van der Waals surface area contributed by atoms with Crippen LogP contribution >= 0.6 is 15.9 Å². The Morgan fingerprint density at radius 3 is 2.22 bits per heavy atom. The van der Waals surface area contributed by atoms with E-state index in [9.17, 15) is 22.8 Å². The summed E-state index contributed by atoms with van der Waals surface area (Å²) in [4.78, 5) is 22.6. The molecule has 1 aromatic carbocycles. The van der Waals surface area contributed by atoms with Gasteiger partial charge >= 0.3 is 12.1 Å². The number of ether oxygens (including phenoxy) is 2. The first-order chi connectivity index (χ1) is 10.6. The zero-order valence-electron chi connectivity index (χ0n) is 12.6. The highest BCUT2D eigenvalue weighted by Crippen LogP contribution is 2.33. The van der Waals surface area contributed by atoms with E-state index in [-0.39, 0.29) is 6.42 Å². The number of nitrogens with one attached hydrogen (secondary N) is 1. The van der Waals surface area contributed by atoms with Crippen molar-refractivity contribution in [1.29, 1.82) is 0 Å². The summed E-state index contributed by atoms with van der Waals surface area (Å²) < 4.78 is 47.9. The zero-order chi connectivity index (χ0) is 17.8. The third kappa shape index (κ3) is 5.12. The average Bonchev–Trinajstić information content (AvgIpc) is 2.46. The lowest BCUT2D eigenvalue weighted by Crippen LogP contribution is -2.47. The second kappa shape index (κ2) is 7.67. The second-order valence-electron chi connectivity index (χ2n) is 4.64. The van der Waals surface area contributed by atoms with Gasteiger partial charge < -0.3 is 14.8 Å². The molecule has 5 nitrogen and oxygen atoms in total. The van der Waals surface area contributed by atoms with Crippen LogP contribution in [-0.4, -0.2) is 38.1 Å². The number of ketones is 1. The molecule has 0 aliphatic heterocycles. The minimum absolute atomic E-state index is 0.163. The minimum atomic E-state index is -5.06. The monoisotopic (exact) mass is 397 g/mol. The highest BCUT2D eigenvalue weighted by molar-refractivity contribution is 9.10. The molecule has 0 spiro atoms. The van der Waals surface area contributed by atoms with E-state index in [1.54, 1.807) is 11.4 Å².